The largest absolute Gasteiger partial charge is 0.493 e. The quantitative estimate of drug-likeness (QED) is 0.765. The van der Waals surface area contributed by atoms with Gasteiger partial charge in [-0.3, -0.25) is 0 Å². The van der Waals surface area contributed by atoms with Crippen molar-refractivity contribution in [2.75, 3.05) is 13.7 Å². The van der Waals surface area contributed by atoms with Gasteiger partial charge in [0.25, 0.3) is 0 Å². The minimum atomic E-state index is 0.473. The van der Waals surface area contributed by atoms with E-state index in [9.17, 15) is 0 Å². The second kappa shape index (κ2) is 6.01. The molecule has 1 unspecified atom stereocenters. The first-order valence-corrected chi connectivity index (χ1v) is 6.02. The Morgan fingerprint density at radius 3 is 2.60 bits per heavy atom. The van der Waals surface area contributed by atoms with Gasteiger partial charge in [-0.25, -0.2) is 0 Å². The number of hydrogen-bond donors (Lipinski definition) is 0. The van der Waals surface area contributed by atoms with Crippen molar-refractivity contribution in [2.24, 2.45) is 0 Å². The summed E-state index contributed by atoms with van der Waals surface area (Å²) in [5.41, 5.74) is 1.25. The van der Waals surface area contributed by atoms with Gasteiger partial charge in [0.15, 0.2) is 11.5 Å². The van der Waals surface area contributed by atoms with E-state index in [1.54, 1.807) is 7.11 Å². The van der Waals surface area contributed by atoms with Crippen LogP contribution < -0.4 is 9.47 Å². The average molecular weight is 273 g/mol. The van der Waals surface area contributed by atoms with Crippen LogP contribution in [0.5, 0.6) is 11.5 Å². The molecule has 0 aliphatic carbocycles. The maximum Gasteiger partial charge on any atom is 0.161 e. The molecule has 0 aliphatic rings. The second-order valence-corrected chi connectivity index (χ2v) is 4.97. The summed E-state index contributed by atoms with van der Waals surface area (Å²) in [6.45, 7) is 4.76. The Balaban J connectivity index is 2.88. The molecule has 2 nitrogen and oxygen atoms in total. The van der Waals surface area contributed by atoms with Gasteiger partial charge in [0, 0.05) is 4.83 Å². The number of hydrogen-bond acceptors (Lipinski definition) is 2. The molecule has 0 fully saturated rings. The van der Waals surface area contributed by atoms with Crippen molar-refractivity contribution < 1.29 is 9.47 Å². The molecular weight excluding hydrogens is 256 g/mol. The highest BCUT2D eigenvalue weighted by molar-refractivity contribution is 9.09. The van der Waals surface area contributed by atoms with Crippen molar-refractivity contribution in [1.29, 1.82) is 0 Å². The zero-order valence-corrected chi connectivity index (χ0v) is 11.0. The molecule has 1 aromatic carbocycles. The number of rotatable bonds is 5. The normalized spacial score (nSPS) is 12.3. The SMILES string of the molecule is CCOc1cc(CC(C)Br)ccc1OC. The predicted octanol–water partition coefficient (Wildman–Crippen LogP) is 3.42. The fourth-order valence-electron chi connectivity index (χ4n) is 1.44. The Morgan fingerprint density at radius 2 is 2.07 bits per heavy atom. The Labute approximate surface area is 99.7 Å². The Kier molecular flexibility index (Phi) is 4.95. The van der Waals surface area contributed by atoms with Gasteiger partial charge in [0.1, 0.15) is 0 Å². The van der Waals surface area contributed by atoms with E-state index in [4.69, 9.17) is 9.47 Å². The molecule has 1 aromatic rings. The van der Waals surface area contributed by atoms with Crippen LogP contribution >= 0.6 is 15.9 Å². The van der Waals surface area contributed by atoms with Crippen molar-refractivity contribution in [3.05, 3.63) is 23.8 Å². The lowest BCUT2D eigenvalue weighted by Crippen LogP contribution is -2.00. The molecule has 15 heavy (non-hydrogen) atoms. The minimum absolute atomic E-state index is 0.473. The third-order valence-corrected chi connectivity index (χ3v) is 2.37. The molecule has 3 heteroatoms. The van der Waals surface area contributed by atoms with Gasteiger partial charge in [-0.1, -0.05) is 28.9 Å². The summed E-state index contributed by atoms with van der Waals surface area (Å²) >= 11 is 3.54. The first-order valence-electron chi connectivity index (χ1n) is 5.11. The summed E-state index contributed by atoms with van der Waals surface area (Å²) < 4.78 is 10.7. The van der Waals surface area contributed by atoms with Gasteiger partial charge in [0.2, 0.25) is 0 Å². The third kappa shape index (κ3) is 3.74. The van der Waals surface area contributed by atoms with Crippen LogP contribution in [0.15, 0.2) is 18.2 Å². The number of methoxy groups -OCH3 is 1. The van der Waals surface area contributed by atoms with Gasteiger partial charge in [0.05, 0.1) is 13.7 Å². The zero-order valence-electron chi connectivity index (χ0n) is 9.42. The van der Waals surface area contributed by atoms with Crippen molar-refractivity contribution in [3.63, 3.8) is 0 Å². The molecule has 0 radical (unpaired) electrons. The summed E-state index contributed by atoms with van der Waals surface area (Å²) in [4.78, 5) is 0.473. The van der Waals surface area contributed by atoms with Gasteiger partial charge in [-0.15, -0.1) is 0 Å². The summed E-state index contributed by atoms with van der Waals surface area (Å²) in [6, 6.07) is 6.06. The van der Waals surface area contributed by atoms with E-state index in [2.05, 4.69) is 28.9 Å². The molecule has 0 spiro atoms. The highest BCUT2D eigenvalue weighted by Crippen LogP contribution is 2.28. The van der Waals surface area contributed by atoms with E-state index in [1.807, 2.05) is 19.1 Å². The molecule has 0 bridgehead atoms. The second-order valence-electron chi connectivity index (χ2n) is 3.40. The molecule has 1 atom stereocenters. The Bertz CT molecular complexity index is 310. The van der Waals surface area contributed by atoms with E-state index in [0.29, 0.717) is 11.4 Å². The third-order valence-electron chi connectivity index (χ3n) is 2.04. The van der Waals surface area contributed by atoms with Gasteiger partial charge in [-0.05, 0) is 31.0 Å². The molecule has 84 valence electrons. The van der Waals surface area contributed by atoms with Gasteiger partial charge >= 0.3 is 0 Å². The van der Waals surface area contributed by atoms with Crippen LogP contribution in [0.25, 0.3) is 0 Å². The molecule has 0 amide bonds. The van der Waals surface area contributed by atoms with Gasteiger partial charge < -0.3 is 9.47 Å². The smallest absolute Gasteiger partial charge is 0.161 e. The van der Waals surface area contributed by atoms with E-state index in [-0.39, 0.29) is 0 Å². The van der Waals surface area contributed by atoms with Crippen LogP contribution in [0.2, 0.25) is 0 Å². The zero-order chi connectivity index (χ0) is 11.3. The van der Waals surface area contributed by atoms with Crippen LogP contribution in [-0.2, 0) is 6.42 Å². The van der Waals surface area contributed by atoms with Crippen LogP contribution in [0, 0.1) is 0 Å². The lowest BCUT2D eigenvalue weighted by Gasteiger charge is -2.11. The highest BCUT2D eigenvalue weighted by Gasteiger charge is 2.06. The standard InChI is InChI=1S/C12H17BrO2/c1-4-15-12-8-10(7-9(2)13)5-6-11(12)14-3/h5-6,8-9H,4,7H2,1-3H3. The van der Waals surface area contributed by atoms with Crippen LogP contribution in [-0.4, -0.2) is 18.5 Å². The summed E-state index contributed by atoms with van der Waals surface area (Å²) in [5, 5.41) is 0. The molecule has 1 rings (SSSR count). The van der Waals surface area contributed by atoms with Crippen molar-refractivity contribution in [3.8, 4) is 11.5 Å². The topological polar surface area (TPSA) is 18.5 Å². The fourth-order valence-corrected chi connectivity index (χ4v) is 1.81. The monoisotopic (exact) mass is 272 g/mol. The summed E-state index contributed by atoms with van der Waals surface area (Å²) in [7, 11) is 1.66. The first-order chi connectivity index (χ1) is 7.17. The van der Waals surface area contributed by atoms with Gasteiger partial charge in [-0.2, -0.15) is 0 Å². The minimum Gasteiger partial charge on any atom is -0.493 e. The molecular formula is C12H17BrO2. The van der Waals surface area contributed by atoms with Crippen LogP contribution in [0.1, 0.15) is 19.4 Å². The van der Waals surface area contributed by atoms with E-state index >= 15 is 0 Å². The molecule has 0 N–H and O–H groups in total. The number of alkyl halides is 1. The molecule has 0 aromatic heterocycles. The average Bonchev–Trinajstić information content (AvgIpc) is 2.18. The maximum absolute atomic E-state index is 5.51. The lowest BCUT2D eigenvalue weighted by molar-refractivity contribution is 0.310. The van der Waals surface area contributed by atoms with E-state index in [1.165, 1.54) is 5.56 Å². The Morgan fingerprint density at radius 1 is 1.33 bits per heavy atom. The van der Waals surface area contributed by atoms with Crippen molar-refractivity contribution >= 4 is 15.9 Å². The highest BCUT2D eigenvalue weighted by atomic mass is 79.9. The van der Waals surface area contributed by atoms with Crippen LogP contribution in [0.4, 0.5) is 0 Å². The van der Waals surface area contributed by atoms with Crippen LogP contribution in [0.3, 0.4) is 0 Å². The van der Waals surface area contributed by atoms with E-state index < -0.39 is 0 Å². The lowest BCUT2D eigenvalue weighted by atomic mass is 10.1. The molecule has 0 saturated carbocycles. The predicted molar refractivity (Wildman–Crippen MR) is 66.3 cm³/mol. The molecule has 0 saturated heterocycles. The Hall–Kier alpha value is -0.700. The number of ether oxygens (including phenoxy) is 2. The number of benzene rings is 1. The molecule has 0 heterocycles. The number of halogens is 1. The first kappa shape index (κ1) is 12.4. The fraction of sp³-hybridized carbons (Fsp3) is 0.500. The van der Waals surface area contributed by atoms with Crippen molar-refractivity contribution in [2.45, 2.75) is 25.1 Å². The maximum atomic E-state index is 5.51. The molecule has 0 aliphatic heterocycles. The summed E-state index contributed by atoms with van der Waals surface area (Å²) in [6.07, 6.45) is 0.990. The summed E-state index contributed by atoms with van der Waals surface area (Å²) in [5.74, 6) is 1.62. The van der Waals surface area contributed by atoms with Crippen molar-refractivity contribution in [1.82, 2.24) is 0 Å². The van der Waals surface area contributed by atoms with E-state index in [0.717, 1.165) is 17.9 Å².